The first-order chi connectivity index (χ1) is 8.72. The second-order valence-electron chi connectivity index (χ2n) is 5.84. The number of rotatable bonds is 9. The van der Waals surface area contributed by atoms with Gasteiger partial charge < -0.3 is 15.0 Å². The molecule has 0 saturated carbocycles. The predicted octanol–water partition coefficient (Wildman–Crippen LogP) is 2.51. The third kappa shape index (κ3) is 7.34. The monoisotopic (exact) mass is 256 g/mol. The van der Waals surface area contributed by atoms with Crippen LogP contribution in [0.25, 0.3) is 0 Å². The van der Waals surface area contributed by atoms with E-state index in [0.717, 1.165) is 25.7 Å². The van der Waals surface area contributed by atoms with Crippen molar-refractivity contribution in [1.82, 2.24) is 10.2 Å². The van der Waals surface area contributed by atoms with Crippen molar-refractivity contribution in [3.8, 4) is 0 Å². The summed E-state index contributed by atoms with van der Waals surface area (Å²) in [5.41, 5.74) is 0. The molecule has 1 aliphatic rings. The third-order valence-corrected chi connectivity index (χ3v) is 3.74. The Balaban J connectivity index is 2.00. The second kappa shape index (κ2) is 9.76. The normalized spacial score (nSPS) is 22.3. The summed E-state index contributed by atoms with van der Waals surface area (Å²) in [6.07, 6.45) is 6.40. The van der Waals surface area contributed by atoms with Gasteiger partial charge in [0.15, 0.2) is 0 Å². The van der Waals surface area contributed by atoms with Crippen LogP contribution in [0.3, 0.4) is 0 Å². The topological polar surface area (TPSA) is 24.5 Å². The lowest BCUT2D eigenvalue weighted by Crippen LogP contribution is -2.32. The highest BCUT2D eigenvalue weighted by Gasteiger charge is 2.15. The SMILES string of the molecule is CCCNC(C)CCCN(C)CC1CCCOC1. The molecule has 0 bridgehead atoms. The quantitative estimate of drug-likeness (QED) is 0.686. The number of hydrogen-bond acceptors (Lipinski definition) is 3. The first kappa shape index (κ1) is 15.9. The molecule has 0 aromatic carbocycles. The largest absolute Gasteiger partial charge is 0.381 e. The minimum absolute atomic E-state index is 0.663. The van der Waals surface area contributed by atoms with Gasteiger partial charge in [0.25, 0.3) is 0 Å². The van der Waals surface area contributed by atoms with Gasteiger partial charge in [0.05, 0.1) is 6.61 Å². The van der Waals surface area contributed by atoms with Crippen LogP contribution >= 0.6 is 0 Å². The molecule has 2 unspecified atom stereocenters. The summed E-state index contributed by atoms with van der Waals surface area (Å²) < 4.78 is 5.53. The summed E-state index contributed by atoms with van der Waals surface area (Å²) in [5.74, 6) is 0.763. The number of nitrogens with zero attached hydrogens (tertiary/aromatic N) is 1. The minimum Gasteiger partial charge on any atom is -0.381 e. The lowest BCUT2D eigenvalue weighted by Gasteiger charge is -2.27. The van der Waals surface area contributed by atoms with Crippen molar-refractivity contribution in [2.75, 3.05) is 39.9 Å². The van der Waals surface area contributed by atoms with E-state index in [4.69, 9.17) is 4.74 Å². The van der Waals surface area contributed by atoms with E-state index in [0.29, 0.717) is 6.04 Å². The van der Waals surface area contributed by atoms with Gasteiger partial charge in [-0.1, -0.05) is 6.92 Å². The van der Waals surface area contributed by atoms with Crippen LogP contribution in [0.1, 0.15) is 46.0 Å². The molecule has 2 atom stereocenters. The summed E-state index contributed by atoms with van der Waals surface area (Å²) in [5, 5.41) is 3.55. The van der Waals surface area contributed by atoms with Crippen molar-refractivity contribution in [2.24, 2.45) is 5.92 Å². The van der Waals surface area contributed by atoms with Crippen LogP contribution < -0.4 is 5.32 Å². The average Bonchev–Trinajstić information content (AvgIpc) is 2.37. The lowest BCUT2D eigenvalue weighted by molar-refractivity contribution is 0.0418. The fourth-order valence-electron chi connectivity index (χ4n) is 2.64. The minimum atomic E-state index is 0.663. The Labute approximate surface area is 113 Å². The zero-order valence-electron chi connectivity index (χ0n) is 12.6. The number of nitrogens with one attached hydrogen (secondary N) is 1. The molecule has 108 valence electrons. The summed E-state index contributed by atoms with van der Waals surface area (Å²) in [6, 6.07) is 0.663. The van der Waals surface area contributed by atoms with Crippen LogP contribution in [-0.2, 0) is 4.74 Å². The summed E-state index contributed by atoms with van der Waals surface area (Å²) in [4.78, 5) is 2.48. The molecule has 1 heterocycles. The van der Waals surface area contributed by atoms with Crippen molar-refractivity contribution in [3.63, 3.8) is 0 Å². The Hall–Kier alpha value is -0.120. The van der Waals surface area contributed by atoms with Crippen molar-refractivity contribution in [1.29, 1.82) is 0 Å². The Kier molecular flexibility index (Phi) is 8.64. The van der Waals surface area contributed by atoms with Crippen LogP contribution in [-0.4, -0.2) is 50.8 Å². The molecule has 0 amide bonds. The standard InChI is InChI=1S/C15H32N2O/c1-4-9-16-14(2)7-5-10-17(3)12-15-8-6-11-18-13-15/h14-16H,4-13H2,1-3H3. The van der Waals surface area contributed by atoms with E-state index in [1.54, 1.807) is 0 Å². The van der Waals surface area contributed by atoms with Crippen molar-refractivity contribution < 1.29 is 4.74 Å². The first-order valence-corrected chi connectivity index (χ1v) is 7.72. The van der Waals surface area contributed by atoms with Gasteiger partial charge in [-0.05, 0) is 65.1 Å². The van der Waals surface area contributed by atoms with Crippen LogP contribution in [0.2, 0.25) is 0 Å². The molecule has 0 aromatic rings. The van der Waals surface area contributed by atoms with E-state index < -0.39 is 0 Å². The van der Waals surface area contributed by atoms with Crippen molar-refractivity contribution in [2.45, 2.75) is 52.0 Å². The number of hydrogen-bond donors (Lipinski definition) is 1. The molecule has 1 aliphatic heterocycles. The van der Waals surface area contributed by atoms with Gasteiger partial charge in [0.2, 0.25) is 0 Å². The predicted molar refractivity (Wildman–Crippen MR) is 78.0 cm³/mol. The summed E-state index contributed by atoms with van der Waals surface area (Å²) in [6.45, 7) is 10.0. The van der Waals surface area contributed by atoms with E-state index >= 15 is 0 Å². The van der Waals surface area contributed by atoms with E-state index in [9.17, 15) is 0 Å². The lowest BCUT2D eigenvalue weighted by atomic mass is 10.0. The van der Waals surface area contributed by atoms with Gasteiger partial charge in [0, 0.05) is 19.2 Å². The Bertz CT molecular complexity index is 193. The van der Waals surface area contributed by atoms with Crippen molar-refractivity contribution >= 4 is 0 Å². The maximum atomic E-state index is 5.53. The van der Waals surface area contributed by atoms with Gasteiger partial charge in [-0.3, -0.25) is 0 Å². The number of ether oxygens (including phenoxy) is 1. The molecule has 1 N–H and O–H groups in total. The maximum absolute atomic E-state index is 5.53. The molecule has 0 aliphatic carbocycles. The van der Waals surface area contributed by atoms with Gasteiger partial charge >= 0.3 is 0 Å². The van der Waals surface area contributed by atoms with Crippen LogP contribution in [0, 0.1) is 5.92 Å². The highest BCUT2D eigenvalue weighted by atomic mass is 16.5. The summed E-state index contributed by atoms with van der Waals surface area (Å²) >= 11 is 0. The van der Waals surface area contributed by atoms with Crippen molar-refractivity contribution in [3.05, 3.63) is 0 Å². The first-order valence-electron chi connectivity index (χ1n) is 7.72. The molecule has 0 aromatic heterocycles. The Morgan fingerprint density at radius 2 is 2.28 bits per heavy atom. The molecular formula is C15H32N2O. The van der Waals surface area contributed by atoms with Crippen LogP contribution in [0.4, 0.5) is 0 Å². The zero-order valence-corrected chi connectivity index (χ0v) is 12.6. The molecule has 3 heteroatoms. The Morgan fingerprint density at radius 3 is 2.94 bits per heavy atom. The molecule has 1 saturated heterocycles. The summed E-state index contributed by atoms with van der Waals surface area (Å²) in [7, 11) is 2.25. The van der Waals surface area contributed by atoms with E-state index in [1.807, 2.05) is 0 Å². The average molecular weight is 256 g/mol. The van der Waals surface area contributed by atoms with E-state index in [1.165, 1.54) is 45.2 Å². The molecule has 3 nitrogen and oxygen atoms in total. The molecular weight excluding hydrogens is 224 g/mol. The maximum Gasteiger partial charge on any atom is 0.0506 e. The molecule has 18 heavy (non-hydrogen) atoms. The van der Waals surface area contributed by atoms with Crippen LogP contribution in [0.5, 0.6) is 0 Å². The highest BCUT2D eigenvalue weighted by Crippen LogP contribution is 2.14. The van der Waals surface area contributed by atoms with Crippen LogP contribution in [0.15, 0.2) is 0 Å². The smallest absolute Gasteiger partial charge is 0.0506 e. The van der Waals surface area contributed by atoms with Gasteiger partial charge in [-0.2, -0.15) is 0 Å². The zero-order chi connectivity index (χ0) is 13.2. The fraction of sp³-hybridized carbons (Fsp3) is 1.00. The second-order valence-corrected chi connectivity index (χ2v) is 5.84. The van der Waals surface area contributed by atoms with Gasteiger partial charge in [-0.15, -0.1) is 0 Å². The highest BCUT2D eigenvalue weighted by molar-refractivity contribution is 4.68. The molecule has 0 radical (unpaired) electrons. The molecule has 1 rings (SSSR count). The van der Waals surface area contributed by atoms with Gasteiger partial charge in [0.1, 0.15) is 0 Å². The molecule has 1 fully saturated rings. The fourth-order valence-corrected chi connectivity index (χ4v) is 2.64. The third-order valence-electron chi connectivity index (χ3n) is 3.74. The molecule has 0 spiro atoms. The van der Waals surface area contributed by atoms with E-state index in [-0.39, 0.29) is 0 Å². The van der Waals surface area contributed by atoms with Gasteiger partial charge in [-0.25, -0.2) is 0 Å². The van der Waals surface area contributed by atoms with E-state index in [2.05, 4.69) is 31.1 Å². The Morgan fingerprint density at radius 1 is 1.44 bits per heavy atom.